The van der Waals surface area contributed by atoms with Crippen molar-refractivity contribution in [1.82, 2.24) is 9.47 Å². The number of methoxy groups -OCH3 is 1. The number of carbonyl (C=O) groups is 1. The molecular weight excluding hydrogens is 412 g/mol. The third kappa shape index (κ3) is 3.41. The van der Waals surface area contributed by atoms with Crippen LogP contribution in [0, 0.1) is 6.92 Å². The maximum absolute atomic E-state index is 12.9. The third-order valence-corrected chi connectivity index (χ3v) is 6.57. The zero-order valence-corrected chi connectivity index (χ0v) is 18.4. The second-order valence-electron chi connectivity index (χ2n) is 8.25. The molecule has 1 aromatic heterocycles. The number of aryl methyl sites for hydroxylation is 1. The molecule has 1 fully saturated rings. The van der Waals surface area contributed by atoms with Gasteiger partial charge < -0.3 is 24.8 Å². The fourth-order valence-electron chi connectivity index (χ4n) is 4.71. The van der Waals surface area contributed by atoms with Crippen molar-refractivity contribution in [2.75, 3.05) is 30.8 Å². The van der Waals surface area contributed by atoms with E-state index in [2.05, 4.69) is 58.7 Å². The minimum Gasteiger partial charge on any atom is -0.495 e. The smallest absolute Gasteiger partial charge is 0.321 e. The molecule has 6 nitrogen and oxygen atoms in total. The first-order valence-corrected chi connectivity index (χ1v) is 10.8. The second-order valence-corrected chi connectivity index (χ2v) is 8.69. The Morgan fingerprint density at radius 1 is 1.16 bits per heavy atom. The van der Waals surface area contributed by atoms with Crippen LogP contribution in [0.2, 0.25) is 5.02 Å². The average molecular weight is 437 g/mol. The van der Waals surface area contributed by atoms with Crippen LogP contribution in [0.1, 0.15) is 24.1 Å². The van der Waals surface area contributed by atoms with Gasteiger partial charge in [-0.1, -0.05) is 17.7 Å². The number of urea groups is 1. The standard InChI is InChI=1S/C24H25ClN4O2/c1-16-5-7-20-18(14-16)27-24(22-4-3-11-29(20)22)9-12-28(13-10-24)23(30)26-19-15-17(25)6-8-21(19)31-2/h3-8,11,14-15,27H,9-10,12-13H2,1-2H3,(H,26,30). The predicted molar refractivity (Wildman–Crippen MR) is 124 cm³/mol. The van der Waals surface area contributed by atoms with Gasteiger partial charge in [-0.2, -0.15) is 0 Å². The molecule has 5 rings (SSSR count). The molecule has 2 aromatic carbocycles. The highest BCUT2D eigenvalue weighted by atomic mass is 35.5. The van der Waals surface area contributed by atoms with E-state index in [-0.39, 0.29) is 11.6 Å². The lowest BCUT2D eigenvalue weighted by atomic mass is 9.82. The molecule has 2 aliphatic rings. The molecule has 0 aliphatic carbocycles. The Bertz CT molecular complexity index is 1150. The Kier molecular flexibility index (Phi) is 4.82. The van der Waals surface area contributed by atoms with Crippen molar-refractivity contribution in [2.24, 2.45) is 0 Å². The summed E-state index contributed by atoms with van der Waals surface area (Å²) in [6.07, 6.45) is 3.77. The lowest BCUT2D eigenvalue weighted by Gasteiger charge is -2.46. The number of hydrogen-bond donors (Lipinski definition) is 2. The molecule has 2 N–H and O–H groups in total. The molecule has 3 heterocycles. The van der Waals surface area contributed by atoms with E-state index in [4.69, 9.17) is 16.3 Å². The summed E-state index contributed by atoms with van der Waals surface area (Å²) in [5.74, 6) is 0.588. The van der Waals surface area contributed by atoms with Crippen LogP contribution in [0.3, 0.4) is 0 Å². The molecule has 3 aromatic rings. The van der Waals surface area contributed by atoms with Gasteiger partial charge in [-0.3, -0.25) is 0 Å². The first-order valence-electron chi connectivity index (χ1n) is 10.5. The number of nitrogens with one attached hydrogen (secondary N) is 2. The van der Waals surface area contributed by atoms with E-state index in [0.29, 0.717) is 29.5 Å². The molecule has 31 heavy (non-hydrogen) atoms. The molecule has 2 amide bonds. The number of fused-ring (bicyclic) bond motifs is 4. The van der Waals surface area contributed by atoms with Gasteiger partial charge >= 0.3 is 6.03 Å². The first kappa shape index (κ1) is 19.8. The molecule has 1 spiro atoms. The monoisotopic (exact) mass is 436 g/mol. The van der Waals surface area contributed by atoms with E-state index < -0.39 is 0 Å². The molecule has 1 saturated heterocycles. The van der Waals surface area contributed by atoms with Crippen molar-refractivity contribution in [3.63, 3.8) is 0 Å². The van der Waals surface area contributed by atoms with Crippen LogP contribution in [0.4, 0.5) is 16.2 Å². The fraction of sp³-hybridized carbons (Fsp3) is 0.292. The van der Waals surface area contributed by atoms with Gasteiger partial charge in [0.1, 0.15) is 5.75 Å². The number of rotatable bonds is 2. The van der Waals surface area contributed by atoms with Gasteiger partial charge in [-0.05, 0) is 67.8 Å². The zero-order chi connectivity index (χ0) is 21.6. The zero-order valence-electron chi connectivity index (χ0n) is 17.6. The number of halogens is 1. The van der Waals surface area contributed by atoms with Gasteiger partial charge in [0.25, 0.3) is 0 Å². The molecular formula is C24H25ClN4O2. The number of carbonyl (C=O) groups excluding carboxylic acids is 1. The topological polar surface area (TPSA) is 58.5 Å². The van der Waals surface area contributed by atoms with Crippen molar-refractivity contribution in [3.8, 4) is 11.4 Å². The molecule has 0 bridgehead atoms. The minimum atomic E-state index is -0.186. The Morgan fingerprint density at radius 2 is 1.97 bits per heavy atom. The molecule has 2 aliphatic heterocycles. The number of amides is 2. The minimum absolute atomic E-state index is 0.141. The van der Waals surface area contributed by atoms with E-state index in [1.165, 1.54) is 16.9 Å². The van der Waals surface area contributed by atoms with Crippen molar-refractivity contribution < 1.29 is 9.53 Å². The fourth-order valence-corrected chi connectivity index (χ4v) is 4.88. The summed E-state index contributed by atoms with van der Waals surface area (Å²) in [7, 11) is 1.58. The molecule has 0 unspecified atom stereocenters. The van der Waals surface area contributed by atoms with Crippen molar-refractivity contribution in [1.29, 1.82) is 0 Å². The van der Waals surface area contributed by atoms with Gasteiger partial charge in [0.05, 0.1) is 29.7 Å². The van der Waals surface area contributed by atoms with E-state index in [1.807, 2.05) is 4.90 Å². The summed E-state index contributed by atoms with van der Waals surface area (Å²) in [6.45, 7) is 3.40. The second kappa shape index (κ2) is 7.54. The highest BCUT2D eigenvalue weighted by Crippen LogP contribution is 2.43. The summed E-state index contributed by atoms with van der Waals surface area (Å²) in [4.78, 5) is 14.8. The van der Waals surface area contributed by atoms with Gasteiger partial charge in [0.15, 0.2) is 0 Å². The SMILES string of the molecule is COc1ccc(Cl)cc1NC(=O)N1CCC2(CC1)Nc1cc(C)ccc1-n1cccc12. The third-order valence-electron chi connectivity index (χ3n) is 6.33. The number of ether oxygens (including phenoxy) is 1. The van der Waals surface area contributed by atoms with Gasteiger partial charge in [0, 0.05) is 30.0 Å². The van der Waals surface area contributed by atoms with E-state index >= 15 is 0 Å². The van der Waals surface area contributed by atoms with E-state index in [9.17, 15) is 4.79 Å². The van der Waals surface area contributed by atoms with Crippen LogP contribution in [0.25, 0.3) is 5.69 Å². The van der Waals surface area contributed by atoms with Crippen molar-refractivity contribution >= 4 is 29.0 Å². The highest BCUT2D eigenvalue weighted by molar-refractivity contribution is 6.31. The van der Waals surface area contributed by atoms with Crippen LogP contribution >= 0.6 is 11.6 Å². The van der Waals surface area contributed by atoms with Gasteiger partial charge in [-0.15, -0.1) is 0 Å². The van der Waals surface area contributed by atoms with Crippen LogP contribution < -0.4 is 15.4 Å². The Balaban J connectivity index is 1.35. The molecule has 0 saturated carbocycles. The lowest BCUT2D eigenvalue weighted by Crippen LogP contribution is -2.51. The van der Waals surface area contributed by atoms with Crippen LogP contribution in [0.15, 0.2) is 54.7 Å². The van der Waals surface area contributed by atoms with Crippen LogP contribution in [0.5, 0.6) is 5.75 Å². The highest BCUT2D eigenvalue weighted by Gasteiger charge is 2.42. The number of likely N-dealkylation sites (tertiary alicyclic amines) is 1. The number of nitrogens with zero attached hydrogens (tertiary/aromatic N) is 2. The first-order chi connectivity index (χ1) is 15.0. The average Bonchev–Trinajstić information content (AvgIpc) is 3.25. The Hall–Kier alpha value is -3.12. The molecule has 160 valence electrons. The van der Waals surface area contributed by atoms with Crippen molar-refractivity contribution in [2.45, 2.75) is 25.3 Å². The molecule has 0 radical (unpaired) electrons. The number of hydrogen-bond acceptors (Lipinski definition) is 3. The molecule has 0 atom stereocenters. The maximum atomic E-state index is 12.9. The van der Waals surface area contributed by atoms with E-state index in [0.717, 1.165) is 18.5 Å². The summed E-state index contributed by atoms with van der Waals surface area (Å²) in [5, 5.41) is 7.32. The maximum Gasteiger partial charge on any atom is 0.321 e. The number of aromatic nitrogens is 1. The number of benzene rings is 2. The van der Waals surface area contributed by atoms with Gasteiger partial charge in [-0.25, -0.2) is 4.79 Å². The predicted octanol–water partition coefficient (Wildman–Crippen LogP) is 5.40. The summed E-state index contributed by atoms with van der Waals surface area (Å²) in [6, 6.07) is 15.8. The largest absolute Gasteiger partial charge is 0.495 e. The van der Waals surface area contributed by atoms with Crippen LogP contribution in [-0.4, -0.2) is 35.7 Å². The quantitative estimate of drug-likeness (QED) is 0.565. The van der Waals surface area contributed by atoms with Crippen molar-refractivity contribution in [3.05, 3.63) is 71.0 Å². The number of piperidine rings is 1. The summed E-state index contributed by atoms with van der Waals surface area (Å²) >= 11 is 6.10. The Morgan fingerprint density at radius 3 is 2.74 bits per heavy atom. The lowest BCUT2D eigenvalue weighted by molar-refractivity contribution is 0.174. The summed E-state index contributed by atoms with van der Waals surface area (Å²) < 4.78 is 7.62. The Labute approximate surface area is 186 Å². The van der Waals surface area contributed by atoms with E-state index in [1.54, 1.807) is 25.3 Å². The molecule has 7 heteroatoms. The number of anilines is 2. The normalized spacial score (nSPS) is 16.3. The van der Waals surface area contributed by atoms with Crippen LogP contribution in [-0.2, 0) is 5.54 Å². The van der Waals surface area contributed by atoms with Gasteiger partial charge in [0.2, 0.25) is 0 Å². The summed E-state index contributed by atoms with van der Waals surface area (Å²) in [5.41, 5.74) is 5.18.